The molecule has 0 spiro atoms. The molecule has 0 aliphatic heterocycles. The number of carbonyl (C=O) groups excluding carboxylic acids is 1. The summed E-state index contributed by atoms with van der Waals surface area (Å²) in [4.78, 5) is 16.8. The van der Waals surface area contributed by atoms with Crippen LogP contribution in [0.3, 0.4) is 0 Å². The third-order valence-electron chi connectivity index (χ3n) is 4.24. The summed E-state index contributed by atoms with van der Waals surface area (Å²) in [5.41, 5.74) is 2.97. The second-order valence-corrected chi connectivity index (χ2v) is 6.20. The molecule has 0 saturated heterocycles. The molecule has 24 heavy (non-hydrogen) atoms. The smallest absolute Gasteiger partial charge is 0.249 e. The number of carbonyl (C=O) groups is 1. The fourth-order valence-corrected chi connectivity index (χ4v) is 3.17. The van der Waals surface area contributed by atoms with Crippen LogP contribution in [0, 0.1) is 5.92 Å². The average Bonchev–Trinajstić information content (AvgIpc) is 3.23. The fourth-order valence-electron chi connectivity index (χ4n) is 2.94. The molecule has 3 aromatic rings. The van der Waals surface area contributed by atoms with E-state index in [1.54, 1.807) is 12.3 Å². The third kappa shape index (κ3) is 2.78. The van der Waals surface area contributed by atoms with Gasteiger partial charge in [-0.3, -0.25) is 20.3 Å². The molecule has 2 aromatic heterocycles. The van der Waals surface area contributed by atoms with Gasteiger partial charge >= 0.3 is 0 Å². The standard InChI is InChI=1S/C16H15ClN6O/c17-12-4-2-1-3-11(12)14-19-16(23-22-14)20-15(24)9-5-6-13-10(7-9)8-18-21-13/h1-4,8-9H,5-7H2,(H,18,21)(H2,19,20,22,23,24)/t9-/m1/s1. The minimum Gasteiger partial charge on any atom is -0.293 e. The van der Waals surface area contributed by atoms with Crippen molar-refractivity contribution in [2.24, 2.45) is 5.92 Å². The van der Waals surface area contributed by atoms with E-state index >= 15 is 0 Å². The Morgan fingerprint density at radius 1 is 1.29 bits per heavy atom. The van der Waals surface area contributed by atoms with Crippen LogP contribution < -0.4 is 5.32 Å². The number of rotatable bonds is 3. The van der Waals surface area contributed by atoms with E-state index in [4.69, 9.17) is 11.6 Å². The molecule has 2 heterocycles. The van der Waals surface area contributed by atoms with Crippen molar-refractivity contribution in [1.82, 2.24) is 25.4 Å². The predicted octanol–water partition coefficient (Wildman–Crippen LogP) is 2.59. The lowest BCUT2D eigenvalue weighted by molar-refractivity contribution is -0.120. The topological polar surface area (TPSA) is 99.4 Å². The van der Waals surface area contributed by atoms with Gasteiger partial charge in [0, 0.05) is 17.2 Å². The summed E-state index contributed by atoms with van der Waals surface area (Å²) in [5.74, 6) is 0.605. The van der Waals surface area contributed by atoms with Crippen LogP contribution in [-0.4, -0.2) is 31.3 Å². The van der Waals surface area contributed by atoms with Gasteiger partial charge in [-0.05, 0) is 37.0 Å². The summed E-state index contributed by atoms with van der Waals surface area (Å²) in [6.45, 7) is 0. The maximum Gasteiger partial charge on any atom is 0.249 e. The maximum absolute atomic E-state index is 12.5. The SMILES string of the molecule is O=C(Nc1n[nH]c(-c2ccccc2Cl)n1)[C@@H]1CCc2[nH]ncc2C1. The van der Waals surface area contributed by atoms with Gasteiger partial charge in [0.2, 0.25) is 11.9 Å². The largest absolute Gasteiger partial charge is 0.293 e. The highest BCUT2D eigenvalue weighted by Gasteiger charge is 2.26. The zero-order valence-electron chi connectivity index (χ0n) is 12.7. The van der Waals surface area contributed by atoms with Crippen LogP contribution in [0.4, 0.5) is 5.95 Å². The highest BCUT2D eigenvalue weighted by Crippen LogP contribution is 2.26. The molecule has 7 nitrogen and oxygen atoms in total. The van der Waals surface area contributed by atoms with Gasteiger partial charge in [-0.1, -0.05) is 23.7 Å². The highest BCUT2D eigenvalue weighted by molar-refractivity contribution is 6.33. The van der Waals surface area contributed by atoms with E-state index < -0.39 is 0 Å². The first-order chi connectivity index (χ1) is 11.7. The van der Waals surface area contributed by atoms with Crippen LogP contribution in [0.5, 0.6) is 0 Å². The van der Waals surface area contributed by atoms with Gasteiger partial charge in [0.25, 0.3) is 0 Å². The molecular weight excluding hydrogens is 328 g/mol. The molecule has 0 unspecified atom stereocenters. The molecule has 8 heteroatoms. The Morgan fingerprint density at radius 3 is 3.04 bits per heavy atom. The molecule has 1 amide bonds. The molecule has 0 fully saturated rings. The Hall–Kier alpha value is -2.67. The number of fused-ring (bicyclic) bond motifs is 1. The normalized spacial score (nSPS) is 16.6. The Labute approximate surface area is 142 Å². The van der Waals surface area contributed by atoms with E-state index in [0.29, 0.717) is 17.3 Å². The Balaban J connectivity index is 1.47. The molecule has 0 saturated carbocycles. The Bertz CT molecular complexity index is 886. The second kappa shape index (κ2) is 6.09. The van der Waals surface area contributed by atoms with Crippen molar-refractivity contribution in [3.8, 4) is 11.4 Å². The summed E-state index contributed by atoms with van der Waals surface area (Å²) < 4.78 is 0. The number of aromatic nitrogens is 5. The first-order valence-electron chi connectivity index (χ1n) is 7.70. The summed E-state index contributed by atoms with van der Waals surface area (Å²) in [7, 11) is 0. The van der Waals surface area contributed by atoms with Crippen LogP contribution in [0.2, 0.25) is 5.02 Å². The first kappa shape index (κ1) is 14.9. The second-order valence-electron chi connectivity index (χ2n) is 5.79. The van der Waals surface area contributed by atoms with E-state index in [1.807, 2.05) is 18.2 Å². The molecule has 0 radical (unpaired) electrons. The Morgan fingerprint density at radius 2 is 2.17 bits per heavy atom. The van der Waals surface area contributed by atoms with Crippen LogP contribution in [0.1, 0.15) is 17.7 Å². The molecular formula is C16H15ClN6O. The average molecular weight is 343 g/mol. The van der Waals surface area contributed by atoms with Crippen molar-refractivity contribution in [2.75, 3.05) is 5.32 Å². The number of nitrogens with zero attached hydrogens (tertiary/aromatic N) is 3. The third-order valence-corrected chi connectivity index (χ3v) is 4.57. The number of nitrogens with one attached hydrogen (secondary N) is 3. The van der Waals surface area contributed by atoms with Gasteiger partial charge in [-0.15, -0.1) is 5.10 Å². The first-order valence-corrected chi connectivity index (χ1v) is 8.08. The van der Waals surface area contributed by atoms with Crippen LogP contribution >= 0.6 is 11.6 Å². The van der Waals surface area contributed by atoms with Crippen LogP contribution in [-0.2, 0) is 17.6 Å². The number of aryl methyl sites for hydroxylation is 1. The van der Waals surface area contributed by atoms with Crippen molar-refractivity contribution in [2.45, 2.75) is 19.3 Å². The number of anilines is 1. The van der Waals surface area contributed by atoms with E-state index in [2.05, 4.69) is 30.7 Å². The lowest BCUT2D eigenvalue weighted by Gasteiger charge is -2.19. The van der Waals surface area contributed by atoms with Crippen LogP contribution in [0.15, 0.2) is 30.5 Å². The monoisotopic (exact) mass is 342 g/mol. The van der Waals surface area contributed by atoms with Crippen molar-refractivity contribution in [3.63, 3.8) is 0 Å². The summed E-state index contributed by atoms with van der Waals surface area (Å²) >= 11 is 6.15. The van der Waals surface area contributed by atoms with Gasteiger partial charge in [0.05, 0.1) is 11.2 Å². The van der Waals surface area contributed by atoms with E-state index in [9.17, 15) is 4.79 Å². The molecule has 0 bridgehead atoms. The van der Waals surface area contributed by atoms with Gasteiger partial charge in [0.1, 0.15) is 0 Å². The van der Waals surface area contributed by atoms with Gasteiger partial charge in [-0.25, -0.2) is 0 Å². The summed E-state index contributed by atoms with van der Waals surface area (Å²) in [5, 5.41) is 17.2. The maximum atomic E-state index is 12.5. The minimum absolute atomic E-state index is 0.0773. The van der Waals surface area contributed by atoms with Crippen molar-refractivity contribution in [1.29, 1.82) is 0 Å². The number of H-pyrrole nitrogens is 2. The minimum atomic E-state index is -0.0997. The summed E-state index contributed by atoms with van der Waals surface area (Å²) in [6.07, 6.45) is 4.08. The molecule has 1 aliphatic rings. The molecule has 122 valence electrons. The lowest BCUT2D eigenvalue weighted by atomic mass is 9.87. The highest BCUT2D eigenvalue weighted by atomic mass is 35.5. The molecule has 1 aromatic carbocycles. The molecule has 3 N–H and O–H groups in total. The zero-order chi connectivity index (χ0) is 16.5. The van der Waals surface area contributed by atoms with E-state index in [1.165, 1.54) is 0 Å². The van der Waals surface area contributed by atoms with Crippen molar-refractivity contribution >= 4 is 23.5 Å². The van der Waals surface area contributed by atoms with Crippen molar-refractivity contribution in [3.05, 3.63) is 46.7 Å². The number of aromatic amines is 2. The lowest BCUT2D eigenvalue weighted by Crippen LogP contribution is -2.28. The summed E-state index contributed by atoms with van der Waals surface area (Å²) in [6, 6.07) is 7.34. The zero-order valence-corrected chi connectivity index (χ0v) is 13.5. The van der Waals surface area contributed by atoms with Crippen LogP contribution in [0.25, 0.3) is 11.4 Å². The number of amides is 1. The quantitative estimate of drug-likeness (QED) is 0.681. The van der Waals surface area contributed by atoms with E-state index in [-0.39, 0.29) is 17.8 Å². The van der Waals surface area contributed by atoms with E-state index in [0.717, 1.165) is 29.7 Å². The number of benzene rings is 1. The van der Waals surface area contributed by atoms with Gasteiger partial charge < -0.3 is 0 Å². The van der Waals surface area contributed by atoms with Gasteiger partial charge in [0.15, 0.2) is 5.82 Å². The molecule has 4 rings (SSSR count). The van der Waals surface area contributed by atoms with Crippen molar-refractivity contribution < 1.29 is 4.79 Å². The fraction of sp³-hybridized carbons (Fsp3) is 0.250. The number of hydrogen-bond acceptors (Lipinski definition) is 4. The van der Waals surface area contributed by atoms with Gasteiger partial charge in [-0.2, -0.15) is 10.1 Å². The molecule has 1 atom stereocenters. The Kier molecular flexibility index (Phi) is 3.78. The number of hydrogen-bond donors (Lipinski definition) is 3. The predicted molar refractivity (Wildman–Crippen MR) is 89.6 cm³/mol. The number of halogens is 1. The molecule has 1 aliphatic carbocycles.